The molecule has 9 nitrogen and oxygen atoms in total. The van der Waals surface area contributed by atoms with Gasteiger partial charge in [0.2, 0.25) is 10.0 Å². The van der Waals surface area contributed by atoms with Gasteiger partial charge in [-0.2, -0.15) is 0 Å². The van der Waals surface area contributed by atoms with Gasteiger partial charge in [-0.1, -0.05) is 12.1 Å². The van der Waals surface area contributed by atoms with E-state index in [1.54, 1.807) is 6.07 Å². The van der Waals surface area contributed by atoms with E-state index < -0.39 is 20.5 Å². The molecule has 0 aliphatic heterocycles. The lowest BCUT2D eigenvalue weighted by atomic mass is 10.1. The second-order valence-corrected chi connectivity index (χ2v) is 7.08. The number of H-pyrrole nitrogens is 1. The van der Waals surface area contributed by atoms with Gasteiger partial charge in [0.15, 0.2) is 0 Å². The minimum atomic E-state index is -3.47. The lowest BCUT2D eigenvalue weighted by molar-refractivity contribution is -0.384. The van der Waals surface area contributed by atoms with Crippen molar-refractivity contribution < 1.29 is 13.3 Å². The zero-order valence-corrected chi connectivity index (χ0v) is 13.7. The normalized spacial score (nSPS) is 11.4. The summed E-state index contributed by atoms with van der Waals surface area (Å²) in [6.45, 7) is 0. The fourth-order valence-electron chi connectivity index (χ4n) is 2.32. The highest BCUT2D eigenvalue weighted by molar-refractivity contribution is 7.92. The van der Waals surface area contributed by atoms with Gasteiger partial charge in [-0.3, -0.25) is 19.6 Å². The summed E-state index contributed by atoms with van der Waals surface area (Å²) >= 11 is 0. The largest absolute Gasteiger partial charge is 0.306 e. The second kappa shape index (κ2) is 5.98. The quantitative estimate of drug-likeness (QED) is 0.538. The van der Waals surface area contributed by atoms with Gasteiger partial charge in [-0.05, 0) is 18.2 Å². The van der Waals surface area contributed by atoms with Gasteiger partial charge in [0.1, 0.15) is 5.82 Å². The first-order valence-corrected chi connectivity index (χ1v) is 8.89. The first-order valence-electron chi connectivity index (χ1n) is 7.00. The minimum absolute atomic E-state index is 0.118. The summed E-state index contributed by atoms with van der Waals surface area (Å²) in [6.07, 6.45) is 1.01. The smallest absolute Gasteiger partial charge is 0.270 e. The van der Waals surface area contributed by atoms with Crippen molar-refractivity contribution in [3.05, 3.63) is 62.9 Å². The standard InChI is InChI=1S/C15H12N4O5S/c1-25(23,24)18-10-5-6-13-12(8-10)15(20)17-14(16-13)9-3-2-4-11(7-9)19(21)22/h2-8,18H,1H3,(H,16,17,20). The number of nitrogens with one attached hydrogen (secondary N) is 2. The molecule has 0 bridgehead atoms. The van der Waals surface area contributed by atoms with Crippen molar-refractivity contribution in [3.8, 4) is 11.4 Å². The predicted octanol–water partition coefficient (Wildman–Crippen LogP) is 1.87. The molecule has 0 fully saturated rings. The van der Waals surface area contributed by atoms with E-state index in [1.165, 1.54) is 36.4 Å². The van der Waals surface area contributed by atoms with Crippen LogP contribution in [0.2, 0.25) is 0 Å². The molecular formula is C15H12N4O5S. The molecule has 1 heterocycles. The number of aromatic amines is 1. The number of fused-ring (bicyclic) bond motifs is 1. The van der Waals surface area contributed by atoms with Crippen LogP contribution < -0.4 is 10.3 Å². The van der Waals surface area contributed by atoms with Crippen LogP contribution in [0.5, 0.6) is 0 Å². The summed E-state index contributed by atoms with van der Waals surface area (Å²) in [4.78, 5) is 29.5. The number of hydrogen-bond donors (Lipinski definition) is 2. The number of hydrogen-bond acceptors (Lipinski definition) is 6. The highest BCUT2D eigenvalue weighted by Crippen LogP contribution is 2.22. The molecule has 0 radical (unpaired) electrons. The fraction of sp³-hybridized carbons (Fsp3) is 0.0667. The van der Waals surface area contributed by atoms with Gasteiger partial charge in [-0.25, -0.2) is 13.4 Å². The molecule has 10 heteroatoms. The first-order chi connectivity index (χ1) is 11.7. The maximum absolute atomic E-state index is 12.3. The third kappa shape index (κ3) is 3.63. The van der Waals surface area contributed by atoms with E-state index in [0.717, 1.165) is 6.26 Å². The van der Waals surface area contributed by atoms with Crippen LogP contribution >= 0.6 is 0 Å². The summed E-state index contributed by atoms with van der Waals surface area (Å²) in [5, 5.41) is 11.1. The van der Waals surface area contributed by atoms with Crippen molar-refractivity contribution in [2.75, 3.05) is 11.0 Å². The summed E-state index contributed by atoms with van der Waals surface area (Å²) in [6, 6.07) is 10.1. The van der Waals surface area contributed by atoms with Crippen LogP contribution in [0.15, 0.2) is 47.3 Å². The van der Waals surface area contributed by atoms with Gasteiger partial charge >= 0.3 is 0 Å². The number of aromatic nitrogens is 2. The van der Waals surface area contributed by atoms with Gasteiger partial charge in [0.05, 0.1) is 22.1 Å². The van der Waals surface area contributed by atoms with E-state index in [-0.39, 0.29) is 22.6 Å². The van der Waals surface area contributed by atoms with Gasteiger partial charge < -0.3 is 4.98 Å². The molecular weight excluding hydrogens is 348 g/mol. The Balaban J connectivity index is 2.11. The lowest BCUT2D eigenvalue weighted by Crippen LogP contribution is -2.12. The zero-order valence-electron chi connectivity index (χ0n) is 12.9. The number of nitro benzene ring substituents is 1. The van der Waals surface area contributed by atoms with Crippen molar-refractivity contribution in [2.24, 2.45) is 0 Å². The number of nitrogens with zero attached hydrogens (tertiary/aromatic N) is 2. The van der Waals surface area contributed by atoms with Crippen molar-refractivity contribution in [2.45, 2.75) is 0 Å². The summed E-state index contributed by atoms with van der Waals surface area (Å²) in [7, 11) is -3.47. The number of anilines is 1. The fourth-order valence-corrected chi connectivity index (χ4v) is 2.87. The van der Waals surface area contributed by atoms with Crippen molar-refractivity contribution in [1.29, 1.82) is 0 Å². The average Bonchev–Trinajstić information content (AvgIpc) is 2.54. The SMILES string of the molecule is CS(=O)(=O)Nc1ccc2nc(-c3cccc([N+](=O)[O-])c3)[nH]c(=O)c2c1. The maximum atomic E-state index is 12.3. The number of sulfonamides is 1. The molecule has 3 aromatic rings. The van der Waals surface area contributed by atoms with Gasteiger partial charge in [-0.15, -0.1) is 0 Å². The summed E-state index contributed by atoms with van der Waals surface area (Å²) in [5.41, 5.74) is 0.373. The Morgan fingerprint density at radius 2 is 1.96 bits per heavy atom. The topological polar surface area (TPSA) is 135 Å². The Morgan fingerprint density at radius 3 is 2.64 bits per heavy atom. The average molecular weight is 360 g/mol. The number of rotatable bonds is 4. The van der Waals surface area contributed by atoms with E-state index >= 15 is 0 Å². The third-order valence-corrected chi connectivity index (χ3v) is 3.95. The molecule has 0 unspecified atom stereocenters. The molecule has 1 aromatic heterocycles. The molecule has 2 N–H and O–H groups in total. The molecule has 0 aliphatic rings. The van der Waals surface area contributed by atoms with Crippen LogP contribution in [0.25, 0.3) is 22.3 Å². The number of benzene rings is 2. The highest BCUT2D eigenvalue weighted by atomic mass is 32.2. The van der Waals surface area contributed by atoms with E-state index in [2.05, 4.69) is 14.7 Å². The molecule has 0 aliphatic carbocycles. The van der Waals surface area contributed by atoms with E-state index in [1.807, 2.05) is 0 Å². The molecule has 0 amide bonds. The molecule has 3 rings (SSSR count). The summed E-state index contributed by atoms with van der Waals surface area (Å²) in [5.74, 6) is 0.185. The maximum Gasteiger partial charge on any atom is 0.270 e. The van der Waals surface area contributed by atoms with E-state index in [0.29, 0.717) is 11.1 Å². The van der Waals surface area contributed by atoms with Crippen LogP contribution in [0.4, 0.5) is 11.4 Å². The van der Waals surface area contributed by atoms with Crippen LogP contribution in [0, 0.1) is 10.1 Å². The molecule has 0 saturated heterocycles. The van der Waals surface area contributed by atoms with Crippen LogP contribution in [-0.4, -0.2) is 29.6 Å². The van der Waals surface area contributed by atoms with Crippen LogP contribution in [0.3, 0.4) is 0 Å². The number of non-ortho nitro benzene ring substituents is 1. The molecule has 25 heavy (non-hydrogen) atoms. The second-order valence-electron chi connectivity index (χ2n) is 5.33. The monoisotopic (exact) mass is 360 g/mol. The van der Waals surface area contributed by atoms with Crippen LogP contribution in [0.1, 0.15) is 0 Å². The molecule has 0 atom stereocenters. The Morgan fingerprint density at radius 1 is 1.20 bits per heavy atom. The van der Waals surface area contributed by atoms with Gasteiger partial charge in [0.25, 0.3) is 11.2 Å². The number of nitro groups is 1. The molecule has 2 aromatic carbocycles. The Hall–Kier alpha value is -3.27. The Labute approximate surface area is 141 Å². The highest BCUT2D eigenvalue weighted by Gasteiger charge is 2.11. The minimum Gasteiger partial charge on any atom is -0.306 e. The van der Waals surface area contributed by atoms with Crippen LogP contribution in [-0.2, 0) is 10.0 Å². The Bertz CT molecular complexity index is 1150. The lowest BCUT2D eigenvalue weighted by Gasteiger charge is -2.06. The molecule has 0 spiro atoms. The van der Waals surface area contributed by atoms with Crippen molar-refractivity contribution in [1.82, 2.24) is 9.97 Å². The third-order valence-electron chi connectivity index (χ3n) is 3.34. The first kappa shape index (κ1) is 16.6. The van der Waals surface area contributed by atoms with Crippen molar-refractivity contribution in [3.63, 3.8) is 0 Å². The van der Waals surface area contributed by atoms with Crippen molar-refractivity contribution >= 4 is 32.3 Å². The van der Waals surface area contributed by atoms with Gasteiger partial charge in [0, 0.05) is 23.4 Å². The Kier molecular flexibility index (Phi) is 3.97. The predicted molar refractivity (Wildman–Crippen MR) is 92.9 cm³/mol. The van der Waals surface area contributed by atoms with E-state index in [4.69, 9.17) is 0 Å². The summed E-state index contributed by atoms with van der Waals surface area (Å²) < 4.78 is 24.8. The molecule has 128 valence electrons. The zero-order chi connectivity index (χ0) is 18.2. The van der Waals surface area contributed by atoms with E-state index in [9.17, 15) is 23.3 Å². The molecule has 0 saturated carbocycles.